The van der Waals surface area contributed by atoms with Gasteiger partial charge in [0.25, 0.3) is 0 Å². The van der Waals surface area contributed by atoms with Crippen molar-refractivity contribution in [1.82, 2.24) is 15.5 Å². The second kappa shape index (κ2) is 9.24. The van der Waals surface area contributed by atoms with Crippen LogP contribution in [0.2, 0.25) is 0 Å². The third kappa shape index (κ3) is 5.14. The third-order valence-corrected chi connectivity index (χ3v) is 7.37. The van der Waals surface area contributed by atoms with E-state index in [-0.39, 0.29) is 40.0 Å². The summed E-state index contributed by atoms with van der Waals surface area (Å²) in [6, 6.07) is 10.7. The van der Waals surface area contributed by atoms with Crippen LogP contribution in [0.1, 0.15) is 39.0 Å². The minimum atomic E-state index is 0. The number of amides is 1. The summed E-state index contributed by atoms with van der Waals surface area (Å²) in [6.07, 6.45) is 5.39. The van der Waals surface area contributed by atoms with Gasteiger partial charge in [0.1, 0.15) is 0 Å². The number of aliphatic imine (C=N–C) groups is 1. The normalized spacial score (nSPS) is 26.0. The van der Waals surface area contributed by atoms with Crippen LogP contribution < -0.4 is 10.6 Å². The molecule has 1 saturated carbocycles. The molecule has 2 aliphatic heterocycles. The zero-order valence-electron chi connectivity index (χ0n) is 16.6. The van der Waals surface area contributed by atoms with Gasteiger partial charge >= 0.3 is 0 Å². The van der Waals surface area contributed by atoms with Crippen LogP contribution in [0.15, 0.2) is 40.2 Å². The van der Waals surface area contributed by atoms with Gasteiger partial charge in [-0.3, -0.25) is 9.79 Å². The summed E-state index contributed by atoms with van der Waals surface area (Å²) >= 11 is 1.97. The highest BCUT2D eigenvalue weighted by molar-refractivity contribution is 14.0. The number of nitrogens with one attached hydrogen (secondary N) is 2. The quantitative estimate of drug-likeness (QED) is 0.359. The van der Waals surface area contributed by atoms with E-state index >= 15 is 0 Å². The monoisotopic (exact) mass is 514 g/mol. The number of carbonyl (C=O) groups is 1. The van der Waals surface area contributed by atoms with Crippen LogP contribution >= 0.6 is 35.7 Å². The fraction of sp³-hybridized carbons (Fsp3) is 0.619. The van der Waals surface area contributed by atoms with Gasteiger partial charge in [-0.05, 0) is 44.7 Å². The molecule has 4 rings (SSSR count). The van der Waals surface area contributed by atoms with Crippen LogP contribution in [-0.4, -0.2) is 54.2 Å². The topological polar surface area (TPSA) is 56.7 Å². The van der Waals surface area contributed by atoms with E-state index in [4.69, 9.17) is 4.99 Å². The van der Waals surface area contributed by atoms with E-state index in [1.807, 2.05) is 11.8 Å². The van der Waals surface area contributed by atoms with E-state index in [0.29, 0.717) is 6.42 Å². The molecule has 1 aliphatic carbocycles. The molecule has 0 aromatic heterocycles. The molecule has 0 radical (unpaired) electrons. The van der Waals surface area contributed by atoms with Crippen molar-refractivity contribution in [2.24, 2.45) is 10.4 Å². The van der Waals surface area contributed by atoms with Gasteiger partial charge in [-0.1, -0.05) is 18.2 Å². The molecule has 1 amide bonds. The largest absolute Gasteiger partial charge is 0.357 e. The summed E-state index contributed by atoms with van der Waals surface area (Å²) in [5.41, 5.74) is 0.0988. The maximum absolute atomic E-state index is 11.8. The van der Waals surface area contributed by atoms with Crippen LogP contribution in [0.4, 0.5) is 0 Å². The Balaban J connectivity index is 0.00000225. The predicted molar refractivity (Wildman–Crippen MR) is 127 cm³/mol. The van der Waals surface area contributed by atoms with Crippen LogP contribution in [0, 0.1) is 5.41 Å². The number of carbonyl (C=O) groups excluding carboxylic acids is 1. The number of guanidine groups is 1. The molecule has 154 valence electrons. The Morgan fingerprint density at radius 2 is 2.07 bits per heavy atom. The van der Waals surface area contributed by atoms with Gasteiger partial charge < -0.3 is 15.5 Å². The molecule has 1 aromatic rings. The second-order valence-corrected chi connectivity index (χ2v) is 9.79. The Hall–Kier alpha value is -0.960. The first-order valence-electron chi connectivity index (χ1n) is 10.2. The van der Waals surface area contributed by atoms with Crippen molar-refractivity contribution < 1.29 is 4.79 Å². The first kappa shape index (κ1) is 21.7. The maximum Gasteiger partial charge on any atom is 0.220 e. The number of piperidine rings is 1. The first-order valence-corrected chi connectivity index (χ1v) is 11.0. The van der Waals surface area contributed by atoms with Crippen molar-refractivity contribution in [2.75, 3.05) is 32.7 Å². The average Bonchev–Trinajstić information content (AvgIpc) is 3.35. The molecule has 28 heavy (non-hydrogen) atoms. The summed E-state index contributed by atoms with van der Waals surface area (Å²) < 4.78 is 0.264. The number of halogens is 1. The van der Waals surface area contributed by atoms with Crippen LogP contribution in [0.5, 0.6) is 0 Å². The number of rotatable bonds is 5. The van der Waals surface area contributed by atoms with Gasteiger partial charge in [-0.2, -0.15) is 0 Å². The zero-order valence-corrected chi connectivity index (χ0v) is 19.7. The molecule has 1 spiro atoms. The lowest BCUT2D eigenvalue weighted by molar-refractivity contribution is -0.119. The highest BCUT2D eigenvalue weighted by Crippen LogP contribution is 2.51. The molecular weight excluding hydrogens is 483 g/mol. The van der Waals surface area contributed by atoms with Gasteiger partial charge in [0.05, 0.1) is 6.54 Å². The Bertz CT molecular complexity index is 710. The van der Waals surface area contributed by atoms with Gasteiger partial charge in [0.2, 0.25) is 5.91 Å². The van der Waals surface area contributed by atoms with Gasteiger partial charge in [0.15, 0.2) is 5.96 Å². The first-order chi connectivity index (χ1) is 13.1. The van der Waals surface area contributed by atoms with Crippen molar-refractivity contribution in [2.45, 2.75) is 48.7 Å². The molecule has 2 saturated heterocycles. The molecule has 1 unspecified atom stereocenters. The van der Waals surface area contributed by atoms with Crippen LogP contribution in [0.3, 0.4) is 0 Å². The van der Waals surface area contributed by atoms with Crippen LogP contribution in [-0.2, 0) is 4.79 Å². The minimum absolute atomic E-state index is 0. The van der Waals surface area contributed by atoms with Crippen molar-refractivity contribution in [3.8, 4) is 0 Å². The minimum Gasteiger partial charge on any atom is -0.357 e. The molecule has 3 aliphatic rings. The van der Waals surface area contributed by atoms with Gasteiger partial charge in [-0.15, -0.1) is 35.7 Å². The molecule has 3 fully saturated rings. The maximum atomic E-state index is 11.8. The molecule has 1 aromatic carbocycles. The summed E-state index contributed by atoms with van der Waals surface area (Å²) in [7, 11) is 0. The molecule has 2 heterocycles. The van der Waals surface area contributed by atoms with Gasteiger partial charge in [-0.25, -0.2) is 0 Å². The molecule has 7 heteroatoms. The molecular formula is C21H31IN4OS. The average molecular weight is 514 g/mol. The molecule has 2 N–H and O–H groups in total. The van der Waals surface area contributed by atoms with E-state index in [1.54, 1.807) is 0 Å². The fourth-order valence-corrected chi connectivity index (χ4v) is 5.47. The zero-order chi connectivity index (χ0) is 18.7. The van der Waals surface area contributed by atoms with Crippen LogP contribution in [0.25, 0.3) is 0 Å². The summed E-state index contributed by atoms with van der Waals surface area (Å²) in [6.45, 7) is 6.63. The number of benzene rings is 1. The number of likely N-dealkylation sites (tertiary alicyclic amines) is 1. The van der Waals surface area contributed by atoms with Crippen molar-refractivity contribution >= 4 is 47.6 Å². The third-order valence-electron chi connectivity index (χ3n) is 5.89. The summed E-state index contributed by atoms with van der Waals surface area (Å²) in [5, 5.41) is 6.53. The molecule has 1 atom stereocenters. The van der Waals surface area contributed by atoms with Crippen molar-refractivity contribution in [1.29, 1.82) is 0 Å². The smallest absolute Gasteiger partial charge is 0.220 e. The Labute approximate surface area is 189 Å². The Morgan fingerprint density at radius 1 is 1.29 bits per heavy atom. The lowest BCUT2D eigenvalue weighted by atomic mass is 9.79. The predicted octanol–water partition coefficient (Wildman–Crippen LogP) is 3.50. The van der Waals surface area contributed by atoms with E-state index < -0.39 is 0 Å². The van der Waals surface area contributed by atoms with Crippen molar-refractivity contribution in [3.63, 3.8) is 0 Å². The van der Waals surface area contributed by atoms with Crippen molar-refractivity contribution in [3.05, 3.63) is 30.3 Å². The Morgan fingerprint density at radius 3 is 2.71 bits per heavy atom. The van der Waals surface area contributed by atoms with E-state index in [9.17, 15) is 4.79 Å². The van der Waals surface area contributed by atoms with E-state index in [2.05, 4.69) is 52.8 Å². The number of nitrogens with zero attached hydrogens (tertiary/aromatic N) is 2. The SMILES string of the molecule is CCNC(=NCC1(Sc2ccccc2)CC1)N1CCCC2(CNC(=O)C2)C1.I. The van der Waals surface area contributed by atoms with E-state index in [1.165, 1.54) is 17.7 Å². The lowest BCUT2D eigenvalue weighted by Gasteiger charge is -2.41. The number of hydrogen-bond acceptors (Lipinski definition) is 3. The standard InChI is InChI=1S/C21H30N4OS.HI/c1-2-22-19(25-12-6-9-20(16-25)13-18(26)23-14-20)24-15-21(10-11-21)27-17-7-4-3-5-8-17;/h3-5,7-8H,2,6,9-16H2,1H3,(H,22,24)(H,23,26);1H. The Kier molecular flexibility index (Phi) is 7.17. The molecule has 5 nitrogen and oxygen atoms in total. The molecule has 0 bridgehead atoms. The number of hydrogen-bond donors (Lipinski definition) is 2. The second-order valence-electron chi connectivity index (χ2n) is 8.25. The highest BCUT2D eigenvalue weighted by atomic mass is 127. The summed E-state index contributed by atoms with van der Waals surface area (Å²) in [4.78, 5) is 20.5. The van der Waals surface area contributed by atoms with E-state index in [0.717, 1.165) is 51.5 Å². The fourth-order valence-electron chi connectivity index (χ4n) is 4.24. The highest BCUT2D eigenvalue weighted by Gasteiger charge is 2.45. The van der Waals surface area contributed by atoms with Gasteiger partial charge in [0, 0.05) is 47.7 Å². The number of thioether (sulfide) groups is 1. The lowest BCUT2D eigenvalue weighted by Crippen LogP contribution is -2.51. The summed E-state index contributed by atoms with van der Waals surface area (Å²) in [5.74, 6) is 1.23.